The lowest BCUT2D eigenvalue weighted by Gasteiger charge is -1.99. The summed E-state index contributed by atoms with van der Waals surface area (Å²) in [4.78, 5) is 14.4. The van der Waals surface area contributed by atoms with Crippen molar-refractivity contribution in [3.8, 4) is 17.1 Å². The van der Waals surface area contributed by atoms with Gasteiger partial charge < -0.3 is 12.3 Å². The van der Waals surface area contributed by atoms with Crippen molar-refractivity contribution >= 4 is 23.0 Å². The fourth-order valence-corrected chi connectivity index (χ4v) is 1.75. The van der Waals surface area contributed by atoms with E-state index in [1.54, 1.807) is 24.3 Å². The van der Waals surface area contributed by atoms with Crippen molar-refractivity contribution in [2.24, 2.45) is 5.34 Å². The van der Waals surface area contributed by atoms with Crippen molar-refractivity contribution in [2.45, 2.75) is 6.42 Å². The first kappa shape index (κ1) is 13.0. The average molecular weight is 359 g/mol. The first-order valence-corrected chi connectivity index (χ1v) is 6.14. The summed E-state index contributed by atoms with van der Waals surface area (Å²) in [6.07, 6.45) is 0.735. The highest BCUT2D eigenvalue weighted by molar-refractivity contribution is 14.1. The summed E-state index contributed by atoms with van der Waals surface area (Å²) in [5.41, 5.74) is 0.912. The van der Waals surface area contributed by atoms with Crippen LogP contribution in [0.3, 0.4) is 0 Å². The van der Waals surface area contributed by atoms with E-state index in [0.717, 1.165) is 23.5 Å². The Morgan fingerprint density at radius 2 is 1.94 bits per heavy atom. The van der Waals surface area contributed by atoms with Gasteiger partial charge in [0.05, 0.1) is 6.61 Å². The van der Waals surface area contributed by atoms with Crippen LogP contribution < -0.4 is 4.84 Å². The number of rotatable bonds is 6. The molecule has 0 fully saturated rings. The average Bonchev–Trinajstić information content (AvgIpc) is 2.86. The third kappa shape index (κ3) is 3.30. The quantitative estimate of drug-likeness (QED) is 0.446. The zero-order chi connectivity index (χ0) is 12.8. The van der Waals surface area contributed by atoms with Gasteiger partial charge in [0.15, 0.2) is 11.1 Å². The molecule has 1 aromatic heterocycles. The second kappa shape index (κ2) is 6.50. The van der Waals surface area contributed by atoms with E-state index in [0.29, 0.717) is 12.4 Å². The van der Waals surface area contributed by atoms with E-state index in [2.05, 4.69) is 10.2 Å². The van der Waals surface area contributed by atoms with E-state index in [4.69, 9.17) is 7.48 Å². The SMILES string of the molecule is O=NOc1ccc(-c2ccc(CCOI)o2)cc1. The van der Waals surface area contributed by atoms with Gasteiger partial charge in [0.2, 0.25) is 0 Å². The summed E-state index contributed by atoms with van der Waals surface area (Å²) in [5.74, 6) is 2.04. The Kier molecular flexibility index (Phi) is 4.71. The molecule has 5 nitrogen and oxygen atoms in total. The molecule has 0 unspecified atom stereocenters. The van der Waals surface area contributed by atoms with Crippen molar-refractivity contribution < 1.29 is 12.3 Å². The maximum atomic E-state index is 9.93. The predicted molar refractivity (Wildman–Crippen MR) is 74.2 cm³/mol. The molecule has 0 N–H and O–H groups in total. The van der Waals surface area contributed by atoms with Crippen LogP contribution in [0.1, 0.15) is 5.76 Å². The number of hydrogen-bond acceptors (Lipinski definition) is 5. The van der Waals surface area contributed by atoms with Gasteiger partial charge in [-0.1, -0.05) is 0 Å². The van der Waals surface area contributed by atoms with Crippen LogP contribution in [0, 0.1) is 4.91 Å². The molecule has 2 aromatic rings. The Labute approximate surface area is 118 Å². The van der Waals surface area contributed by atoms with E-state index in [9.17, 15) is 4.91 Å². The van der Waals surface area contributed by atoms with Gasteiger partial charge in [0.1, 0.15) is 34.5 Å². The first-order valence-electron chi connectivity index (χ1n) is 5.26. The zero-order valence-corrected chi connectivity index (χ0v) is 11.5. The molecular formula is C12H10INO4. The Bertz CT molecular complexity index is 509. The van der Waals surface area contributed by atoms with Crippen molar-refractivity contribution in [3.05, 3.63) is 47.1 Å². The molecule has 0 aliphatic heterocycles. The molecule has 6 heteroatoms. The maximum absolute atomic E-state index is 9.93. The van der Waals surface area contributed by atoms with Gasteiger partial charge in [0.25, 0.3) is 0 Å². The summed E-state index contributed by atoms with van der Waals surface area (Å²) in [7, 11) is 0. The molecule has 0 radical (unpaired) electrons. The van der Waals surface area contributed by atoms with Crippen molar-refractivity contribution in [1.82, 2.24) is 0 Å². The minimum atomic E-state index is 0.402. The molecule has 0 atom stereocenters. The zero-order valence-electron chi connectivity index (χ0n) is 9.34. The minimum Gasteiger partial charge on any atom is -0.461 e. The molecule has 0 amide bonds. The molecule has 18 heavy (non-hydrogen) atoms. The molecule has 94 valence electrons. The van der Waals surface area contributed by atoms with Gasteiger partial charge in [0, 0.05) is 12.0 Å². The number of benzene rings is 1. The lowest BCUT2D eigenvalue weighted by Crippen LogP contribution is -1.88. The Morgan fingerprint density at radius 3 is 2.61 bits per heavy atom. The van der Waals surface area contributed by atoms with Crippen LogP contribution in [-0.4, -0.2) is 6.61 Å². The van der Waals surface area contributed by atoms with Crippen LogP contribution in [0.2, 0.25) is 0 Å². The molecule has 0 saturated carbocycles. The maximum Gasteiger partial charge on any atom is 0.161 e. The molecule has 0 saturated heterocycles. The molecule has 2 rings (SSSR count). The van der Waals surface area contributed by atoms with Gasteiger partial charge in [-0.05, 0) is 36.4 Å². The van der Waals surface area contributed by atoms with Gasteiger partial charge in [-0.2, -0.15) is 0 Å². The highest BCUT2D eigenvalue weighted by atomic mass is 127. The monoisotopic (exact) mass is 359 g/mol. The fourth-order valence-electron chi connectivity index (χ4n) is 1.53. The number of halogens is 1. The summed E-state index contributed by atoms with van der Waals surface area (Å²) < 4.78 is 10.6. The van der Waals surface area contributed by atoms with Crippen LogP contribution in [0.4, 0.5) is 0 Å². The Balaban J connectivity index is 2.10. The highest BCUT2D eigenvalue weighted by Crippen LogP contribution is 2.24. The Morgan fingerprint density at radius 1 is 1.17 bits per heavy atom. The number of nitrogens with zero attached hydrogens (tertiary/aromatic N) is 1. The molecule has 0 aliphatic carbocycles. The van der Waals surface area contributed by atoms with Gasteiger partial charge in [-0.15, -0.1) is 4.91 Å². The number of furan rings is 1. The van der Waals surface area contributed by atoms with E-state index >= 15 is 0 Å². The standard InChI is InChI=1S/C12H10INO4/c13-16-8-7-10-5-6-12(17-10)9-1-3-11(4-2-9)18-14-15/h1-6H,7-8H2. The Hall–Kier alpha value is -1.41. The fraction of sp³-hybridized carbons (Fsp3) is 0.167. The van der Waals surface area contributed by atoms with Crippen LogP contribution in [0.25, 0.3) is 11.3 Å². The van der Waals surface area contributed by atoms with Crippen LogP contribution in [-0.2, 0) is 9.49 Å². The first-order chi connectivity index (χ1) is 8.83. The largest absolute Gasteiger partial charge is 0.461 e. The van der Waals surface area contributed by atoms with Gasteiger partial charge >= 0.3 is 0 Å². The van der Waals surface area contributed by atoms with Crippen LogP contribution in [0.5, 0.6) is 5.75 Å². The molecule has 1 aromatic carbocycles. The van der Waals surface area contributed by atoms with Gasteiger partial charge in [-0.3, -0.25) is 0 Å². The van der Waals surface area contributed by atoms with Gasteiger partial charge in [-0.25, -0.2) is 0 Å². The van der Waals surface area contributed by atoms with Crippen LogP contribution in [0.15, 0.2) is 46.2 Å². The number of hydrogen-bond donors (Lipinski definition) is 0. The molecule has 0 spiro atoms. The normalized spacial score (nSPS) is 10.3. The second-order valence-corrected chi connectivity index (χ2v) is 4.14. The lowest BCUT2D eigenvalue weighted by molar-refractivity contribution is 0.335. The van der Waals surface area contributed by atoms with Crippen molar-refractivity contribution in [2.75, 3.05) is 6.61 Å². The van der Waals surface area contributed by atoms with E-state index in [1.807, 2.05) is 35.1 Å². The molecule has 0 aliphatic rings. The smallest absolute Gasteiger partial charge is 0.161 e. The van der Waals surface area contributed by atoms with E-state index < -0.39 is 0 Å². The van der Waals surface area contributed by atoms with E-state index in [1.165, 1.54) is 0 Å². The minimum absolute atomic E-state index is 0.402. The lowest BCUT2D eigenvalue weighted by atomic mass is 10.2. The predicted octanol–water partition coefficient (Wildman–Crippen LogP) is 3.92. The van der Waals surface area contributed by atoms with Crippen molar-refractivity contribution in [3.63, 3.8) is 0 Å². The summed E-state index contributed by atoms with van der Waals surface area (Å²) in [5, 5.41) is 2.36. The topological polar surface area (TPSA) is 61.0 Å². The second-order valence-electron chi connectivity index (χ2n) is 3.52. The molecular weight excluding hydrogens is 349 g/mol. The third-order valence-corrected chi connectivity index (χ3v) is 2.81. The third-order valence-electron chi connectivity index (χ3n) is 2.37. The highest BCUT2D eigenvalue weighted by Gasteiger charge is 2.05. The van der Waals surface area contributed by atoms with Crippen molar-refractivity contribution in [1.29, 1.82) is 0 Å². The summed E-state index contributed by atoms with van der Waals surface area (Å²) >= 11 is 1.85. The molecule has 0 bridgehead atoms. The summed E-state index contributed by atoms with van der Waals surface area (Å²) in [6, 6.07) is 10.7. The summed E-state index contributed by atoms with van der Waals surface area (Å²) in [6.45, 7) is 0.616. The van der Waals surface area contributed by atoms with E-state index in [-0.39, 0.29) is 0 Å². The van der Waals surface area contributed by atoms with Crippen LogP contribution >= 0.6 is 23.0 Å². The molecule has 1 heterocycles.